The number of carbonyl (C=O) groups excluding carboxylic acids is 1. The van der Waals surface area contributed by atoms with Crippen LogP contribution in [-0.2, 0) is 18.8 Å². The minimum absolute atomic E-state index is 0.0941. The Morgan fingerprint density at radius 3 is 2.50 bits per heavy atom. The number of hydrogen-bond donors (Lipinski definition) is 2. The van der Waals surface area contributed by atoms with Crippen molar-refractivity contribution in [3.63, 3.8) is 0 Å². The third kappa shape index (κ3) is 6.02. The molecule has 0 radical (unpaired) electrons. The smallest absolute Gasteiger partial charge is 0.335 e. The fourth-order valence-corrected chi connectivity index (χ4v) is 1.04. The topological polar surface area (TPSA) is 93.1 Å². The number of esters is 1. The normalized spacial score (nSPS) is 13.2. The summed E-state index contributed by atoms with van der Waals surface area (Å²) in [6, 6.07) is 0. The molecule has 0 aromatic heterocycles. The average molecular weight is 252 g/mol. The quantitative estimate of drug-likeness (QED) is 0.393. The molecule has 0 aliphatic rings. The van der Waals surface area contributed by atoms with Gasteiger partial charge in [0.25, 0.3) is 0 Å². The summed E-state index contributed by atoms with van der Waals surface area (Å²) < 4.78 is 20.4. The van der Waals surface area contributed by atoms with Gasteiger partial charge >= 0.3 is 13.6 Å². The van der Waals surface area contributed by atoms with Gasteiger partial charge in [-0.25, -0.2) is 4.79 Å². The molecule has 6 nitrogen and oxygen atoms in total. The first-order valence-corrected chi connectivity index (χ1v) is 6.45. The van der Waals surface area contributed by atoms with Crippen LogP contribution in [0.1, 0.15) is 13.8 Å². The van der Waals surface area contributed by atoms with Crippen molar-refractivity contribution in [2.75, 3.05) is 19.8 Å². The second-order valence-electron chi connectivity index (χ2n) is 3.28. The predicted octanol–water partition coefficient (Wildman–Crippen LogP) is 0.689. The Bertz CT molecular complexity index is 294. The molecule has 16 heavy (non-hydrogen) atoms. The second kappa shape index (κ2) is 6.81. The van der Waals surface area contributed by atoms with Gasteiger partial charge in [0.2, 0.25) is 0 Å². The summed E-state index contributed by atoms with van der Waals surface area (Å²) in [5, 5.41) is 0. The molecule has 7 heteroatoms. The van der Waals surface area contributed by atoms with Gasteiger partial charge in [-0.3, -0.25) is 4.57 Å². The first-order valence-electron chi connectivity index (χ1n) is 4.76. The largest absolute Gasteiger partial charge is 0.463 e. The maximum absolute atomic E-state index is 11.1. The fraction of sp³-hybridized carbons (Fsp3) is 0.667. The Balaban J connectivity index is 3.87. The van der Waals surface area contributed by atoms with E-state index in [0.717, 1.165) is 0 Å². The highest BCUT2D eigenvalue weighted by molar-refractivity contribution is 7.52. The standard InChI is InChI=1S/C9H17O6P/c1-4-15-9(10)7(2)5-14-6-8(3)16(11,12)13/h8H,2,4-6H2,1,3H3,(H2,11,12,13). The van der Waals surface area contributed by atoms with Gasteiger partial charge in [0.15, 0.2) is 0 Å². The van der Waals surface area contributed by atoms with Crippen molar-refractivity contribution in [3.8, 4) is 0 Å². The van der Waals surface area contributed by atoms with E-state index >= 15 is 0 Å². The summed E-state index contributed by atoms with van der Waals surface area (Å²) in [4.78, 5) is 28.6. The van der Waals surface area contributed by atoms with Crippen molar-refractivity contribution in [2.45, 2.75) is 19.5 Å². The lowest BCUT2D eigenvalue weighted by Gasteiger charge is -2.13. The molecule has 1 unspecified atom stereocenters. The highest BCUT2D eigenvalue weighted by Crippen LogP contribution is 2.40. The lowest BCUT2D eigenvalue weighted by Crippen LogP contribution is -2.16. The van der Waals surface area contributed by atoms with Gasteiger partial charge in [0.05, 0.1) is 31.1 Å². The zero-order valence-electron chi connectivity index (χ0n) is 9.38. The molecule has 0 fully saturated rings. The predicted molar refractivity (Wildman–Crippen MR) is 58.1 cm³/mol. The van der Waals surface area contributed by atoms with Crippen LogP contribution in [0, 0.1) is 0 Å². The van der Waals surface area contributed by atoms with Crippen molar-refractivity contribution in [1.29, 1.82) is 0 Å². The Hall–Kier alpha value is -0.680. The summed E-state index contributed by atoms with van der Waals surface area (Å²) in [5.74, 6) is -0.564. The molecular formula is C9H17O6P. The second-order valence-corrected chi connectivity index (χ2v) is 5.34. The molecule has 0 rings (SSSR count). The highest BCUT2D eigenvalue weighted by atomic mass is 31.2. The molecule has 94 valence electrons. The van der Waals surface area contributed by atoms with Crippen LogP contribution in [0.2, 0.25) is 0 Å². The summed E-state index contributed by atoms with van der Waals surface area (Å²) in [6.07, 6.45) is 0. The molecule has 0 aromatic carbocycles. The van der Waals surface area contributed by atoms with Gasteiger partial charge in [-0.1, -0.05) is 6.58 Å². The Morgan fingerprint density at radius 1 is 1.50 bits per heavy atom. The molecule has 0 amide bonds. The first-order chi connectivity index (χ1) is 7.29. The van der Waals surface area contributed by atoms with E-state index in [-0.39, 0.29) is 25.4 Å². The number of rotatable bonds is 7. The third-order valence-electron chi connectivity index (χ3n) is 1.77. The van der Waals surface area contributed by atoms with Crippen molar-refractivity contribution < 1.29 is 28.6 Å². The highest BCUT2D eigenvalue weighted by Gasteiger charge is 2.24. The molecule has 0 aromatic rings. The van der Waals surface area contributed by atoms with E-state index in [9.17, 15) is 9.36 Å². The fourth-order valence-electron chi connectivity index (χ4n) is 0.742. The zero-order chi connectivity index (χ0) is 12.8. The van der Waals surface area contributed by atoms with Gasteiger partial charge in [0.1, 0.15) is 0 Å². The molecule has 0 aliphatic heterocycles. The maximum atomic E-state index is 11.1. The summed E-state index contributed by atoms with van der Waals surface area (Å²) in [5.41, 5.74) is -0.776. The molecule has 2 N–H and O–H groups in total. The van der Waals surface area contributed by atoms with Crippen LogP contribution in [-0.4, -0.2) is 41.2 Å². The van der Waals surface area contributed by atoms with E-state index in [4.69, 9.17) is 14.5 Å². The lowest BCUT2D eigenvalue weighted by atomic mass is 10.3. The Morgan fingerprint density at radius 2 is 2.06 bits per heavy atom. The van der Waals surface area contributed by atoms with E-state index in [1.165, 1.54) is 6.92 Å². The summed E-state index contributed by atoms with van der Waals surface area (Å²) >= 11 is 0. The number of carbonyl (C=O) groups is 1. The van der Waals surface area contributed by atoms with Crippen LogP contribution >= 0.6 is 7.60 Å². The summed E-state index contributed by atoms with van der Waals surface area (Å²) in [7, 11) is -4.12. The molecule has 0 saturated heterocycles. The van der Waals surface area contributed by atoms with Gasteiger partial charge in [-0.05, 0) is 13.8 Å². The Kier molecular flexibility index (Phi) is 6.52. The maximum Gasteiger partial charge on any atom is 0.335 e. The van der Waals surface area contributed by atoms with Gasteiger partial charge < -0.3 is 19.3 Å². The molecule has 0 aliphatic carbocycles. The van der Waals surface area contributed by atoms with Crippen molar-refractivity contribution in [3.05, 3.63) is 12.2 Å². The molecule has 0 saturated carbocycles. The van der Waals surface area contributed by atoms with E-state index < -0.39 is 19.2 Å². The molecular weight excluding hydrogens is 235 g/mol. The van der Waals surface area contributed by atoms with Crippen molar-refractivity contribution >= 4 is 13.6 Å². The summed E-state index contributed by atoms with van der Waals surface area (Å²) in [6.45, 7) is 6.49. The van der Waals surface area contributed by atoms with Gasteiger partial charge in [0, 0.05) is 0 Å². The molecule has 0 heterocycles. The van der Waals surface area contributed by atoms with E-state index in [1.807, 2.05) is 0 Å². The third-order valence-corrected chi connectivity index (χ3v) is 3.07. The van der Waals surface area contributed by atoms with E-state index in [2.05, 4.69) is 11.3 Å². The van der Waals surface area contributed by atoms with Gasteiger partial charge in [-0.15, -0.1) is 0 Å². The number of ether oxygens (including phenoxy) is 2. The monoisotopic (exact) mass is 252 g/mol. The van der Waals surface area contributed by atoms with Crippen LogP contribution in [0.25, 0.3) is 0 Å². The van der Waals surface area contributed by atoms with Crippen LogP contribution < -0.4 is 0 Å². The van der Waals surface area contributed by atoms with Crippen molar-refractivity contribution in [2.24, 2.45) is 0 Å². The van der Waals surface area contributed by atoms with Crippen molar-refractivity contribution in [1.82, 2.24) is 0 Å². The molecule has 0 bridgehead atoms. The first kappa shape index (κ1) is 15.3. The minimum Gasteiger partial charge on any atom is -0.463 e. The SMILES string of the molecule is C=C(COCC(C)P(=O)(O)O)C(=O)OCC. The molecule has 1 atom stereocenters. The van der Waals surface area contributed by atoms with E-state index in [1.54, 1.807) is 6.92 Å². The van der Waals surface area contributed by atoms with Crippen LogP contribution in [0.4, 0.5) is 0 Å². The number of hydrogen-bond acceptors (Lipinski definition) is 4. The Labute approximate surface area is 94.4 Å². The van der Waals surface area contributed by atoms with Crippen LogP contribution in [0.5, 0.6) is 0 Å². The molecule has 0 spiro atoms. The van der Waals surface area contributed by atoms with Gasteiger partial charge in [-0.2, -0.15) is 0 Å². The average Bonchev–Trinajstić information content (AvgIpc) is 2.16. The lowest BCUT2D eigenvalue weighted by molar-refractivity contribution is -0.139. The van der Waals surface area contributed by atoms with Crippen LogP contribution in [0.15, 0.2) is 12.2 Å². The van der Waals surface area contributed by atoms with Crippen LogP contribution in [0.3, 0.4) is 0 Å². The van der Waals surface area contributed by atoms with E-state index in [0.29, 0.717) is 0 Å². The minimum atomic E-state index is -4.12. The zero-order valence-corrected chi connectivity index (χ0v) is 10.3.